The molecule has 0 saturated heterocycles. The van der Waals surface area contributed by atoms with E-state index in [9.17, 15) is 4.79 Å². The van der Waals surface area contributed by atoms with Crippen molar-refractivity contribution in [3.8, 4) is 0 Å². The van der Waals surface area contributed by atoms with Crippen LogP contribution in [0.1, 0.15) is 44.9 Å². The molecule has 3 heteroatoms. The summed E-state index contributed by atoms with van der Waals surface area (Å²) < 4.78 is 1.87. The molecule has 0 bridgehead atoms. The van der Waals surface area contributed by atoms with Crippen LogP contribution in [0.2, 0.25) is 0 Å². The first kappa shape index (κ1) is 13.3. The van der Waals surface area contributed by atoms with Gasteiger partial charge in [-0.15, -0.1) is 11.6 Å². The normalized spacial score (nSPS) is 11.4. The van der Waals surface area contributed by atoms with Gasteiger partial charge in [-0.25, -0.2) is 0 Å². The highest BCUT2D eigenvalue weighted by Crippen LogP contribution is 2.15. The Balaban J connectivity index is 3.31. The first-order chi connectivity index (χ1) is 7.47. The maximum absolute atomic E-state index is 12.1. The molecule has 2 nitrogen and oxygen atoms in total. The molecule has 1 heterocycles. The van der Waals surface area contributed by atoms with E-state index in [4.69, 9.17) is 11.6 Å². The Hall–Kier alpha value is -0.760. The molecule has 0 radical (unpaired) electrons. The molecule has 0 spiro atoms. The third-order valence-corrected chi connectivity index (χ3v) is 2.86. The van der Waals surface area contributed by atoms with Crippen molar-refractivity contribution in [2.45, 2.75) is 46.0 Å². The van der Waals surface area contributed by atoms with Crippen molar-refractivity contribution >= 4 is 11.6 Å². The summed E-state index contributed by atoms with van der Waals surface area (Å²) in [6.45, 7) is 9.20. The van der Waals surface area contributed by atoms with Gasteiger partial charge in [0.05, 0.1) is 5.88 Å². The molecular weight excluding hydrogens is 222 g/mol. The first-order valence-corrected chi connectivity index (χ1v) is 6.29. The van der Waals surface area contributed by atoms with Crippen molar-refractivity contribution in [2.75, 3.05) is 0 Å². The van der Waals surface area contributed by atoms with Crippen LogP contribution in [0.25, 0.3) is 0 Å². The van der Waals surface area contributed by atoms with Crippen LogP contribution in [-0.2, 0) is 12.4 Å². The standard InChI is InChI=1S/C13H20ClNO/c1-9(2)8-15-12(10(3)4)6-5-11(7-14)13(15)16/h5-6,9-10H,7-8H2,1-4H3. The van der Waals surface area contributed by atoms with Gasteiger partial charge in [-0.2, -0.15) is 0 Å². The van der Waals surface area contributed by atoms with Crippen LogP contribution in [0, 0.1) is 5.92 Å². The second-order valence-electron chi connectivity index (χ2n) is 4.88. The van der Waals surface area contributed by atoms with Crippen LogP contribution in [0.3, 0.4) is 0 Å². The number of rotatable bonds is 4. The van der Waals surface area contributed by atoms with Crippen LogP contribution in [0.4, 0.5) is 0 Å². The van der Waals surface area contributed by atoms with Crippen molar-refractivity contribution in [3.05, 3.63) is 33.7 Å². The van der Waals surface area contributed by atoms with E-state index in [0.717, 1.165) is 12.2 Å². The lowest BCUT2D eigenvalue weighted by atomic mass is 10.1. The highest BCUT2D eigenvalue weighted by molar-refractivity contribution is 6.17. The number of halogens is 1. The quantitative estimate of drug-likeness (QED) is 0.741. The fraction of sp³-hybridized carbons (Fsp3) is 0.615. The third-order valence-electron chi connectivity index (χ3n) is 2.57. The van der Waals surface area contributed by atoms with Crippen LogP contribution < -0.4 is 5.56 Å². The van der Waals surface area contributed by atoms with E-state index in [1.54, 1.807) is 0 Å². The van der Waals surface area contributed by atoms with E-state index in [1.165, 1.54) is 0 Å². The van der Waals surface area contributed by atoms with Crippen LogP contribution in [0.5, 0.6) is 0 Å². The Morgan fingerprint density at radius 1 is 1.25 bits per heavy atom. The number of alkyl halides is 1. The van der Waals surface area contributed by atoms with Gasteiger partial charge in [0.15, 0.2) is 0 Å². The molecule has 0 aromatic carbocycles. The minimum Gasteiger partial charge on any atom is -0.312 e. The summed E-state index contributed by atoms with van der Waals surface area (Å²) in [5, 5.41) is 0. The summed E-state index contributed by atoms with van der Waals surface area (Å²) >= 11 is 5.76. The summed E-state index contributed by atoms with van der Waals surface area (Å²) in [5.74, 6) is 1.10. The summed E-state index contributed by atoms with van der Waals surface area (Å²) in [6.07, 6.45) is 0. The van der Waals surface area contributed by atoms with E-state index in [0.29, 0.717) is 17.4 Å². The highest BCUT2D eigenvalue weighted by atomic mass is 35.5. The van der Waals surface area contributed by atoms with Gasteiger partial charge < -0.3 is 4.57 Å². The fourth-order valence-electron chi connectivity index (χ4n) is 1.80. The number of hydrogen-bond acceptors (Lipinski definition) is 1. The second-order valence-corrected chi connectivity index (χ2v) is 5.15. The second kappa shape index (κ2) is 5.53. The number of hydrogen-bond donors (Lipinski definition) is 0. The zero-order valence-corrected chi connectivity index (χ0v) is 11.2. The van der Waals surface area contributed by atoms with E-state index in [-0.39, 0.29) is 11.4 Å². The van der Waals surface area contributed by atoms with Crippen molar-refractivity contribution in [3.63, 3.8) is 0 Å². The average Bonchev–Trinajstić information content (AvgIpc) is 2.19. The Labute approximate surface area is 102 Å². The van der Waals surface area contributed by atoms with Gasteiger partial charge in [-0.05, 0) is 17.9 Å². The molecule has 1 rings (SSSR count). The summed E-state index contributed by atoms with van der Waals surface area (Å²) in [4.78, 5) is 12.1. The van der Waals surface area contributed by atoms with Gasteiger partial charge >= 0.3 is 0 Å². The molecule has 1 aromatic heterocycles. The molecule has 0 aliphatic heterocycles. The molecule has 1 aromatic rings. The van der Waals surface area contributed by atoms with Crippen molar-refractivity contribution < 1.29 is 0 Å². The zero-order chi connectivity index (χ0) is 12.3. The molecule has 0 aliphatic carbocycles. The number of pyridine rings is 1. The minimum atomic E-state index is 0.0647. The van der Waals surface area contributed by atoms with Crippen molar-refractivity contribution in [2.24, 2.45) is 5.92 Å². The van der Waals surface area contributed by atoms with E-state index in [2.05, 4.69) is 27.7 Å². The first-order valence-electron chi connectivity index (χ1n) is 5.76. The van der Waals surface area contributed by atoms with E-state index >= 15 is 0 Å². The SMILES string of the molecule is CC(C)Cn1c(C(C)C)ccc(CCl)c1=O. The lowest BCUT2D eigenvalue weighted by Crippen LogP contribution is -2.28. The highest BCUT2D eigenvalue weighted by Gasteiger charge is 2.11. The monoisotopic (exact) mass is 241 g/mol. The van der Waals surface area contributed by atoms with Gasteiger partial charge in [-0.3, -0.25) is 4.79 Å². The predicted octanol–water partition coefficient (Wildman–Crippen LogP) is 3.37. The zero-order valence-electron chi connectivity index (χ0n) is 10.5. The largest absolute Gasteiger partial charge is 0.312 e. The number of aromatic nitrogens is 1. The molecule has 0 aliphatic rings. The lowest BCUT2D eigenvalue weighted by Gasteiger charge is -2.18. The third kappa shape index (κ3) is 2.88. The Bertz CT molecular complexity index is 407. The molecule has 0 amide bonds. The molecule has 0 saturated carbocycles. The smallest absolute Gasteiger partial charge is 0.255 e. The fourth-order valence-corrected chi connectivity index (χ4v) is 2.00. The topological polar surface area (TPSA) is 22.0 Å². The average molecular weight is 242 g/mol. The molecule has 0 N–H and O–H groups in total. The lowest BCUT2D eigenvalue weighted by molar-refractivity contribution is 0.486. The van der Waals surface area contributed by atoms with E-state index < -0.39 is 0 Å². The van der Waals surface area contributed by atoms with Crippen molar-refractivity contribution in [1.29, 1.82) is 0 Å². The van der Waals surface area contributed by atoms with Crippen LogP contribution in [0.15, 0.2) is 16.9 Å². The van der Waals surface area contributed by atoms with Gasteiger partial charge in [-0.1, -0.05) is 33.8 Å². The molecule has 0 unspecified atom stereocenters. The summed E-state index contributed by atoms with van der Waals surface area (Å²) in [5.41, 5.74) is 1.84. The summed E-state index contributed by atoms with van der Waals surface area (Å²) in [7, 11) is 0. The molecule has 90 valence electrons. The van der Waals surface area contributed by atoms with Crippen LogP contribution in [-0.4, -0.2) is 4.57 Å². The Morgan fingerprint density at radius 3 is 2.31 bits per heavy atom. The Morgan fingerprint density at radius 2 is 1.88 bits per heavy atom. The van der Waals surface area contributed by atoms with Gasteiger partial charge in [0.2, 0.25) is 0 Å². The molecular formula is C13H20ClNO. The van der Waals surface area contributed by atoms with Gasteiger partial charge in [0.25, 0.3) is 5.56 Å². The van der Waals surface area contributed by atoms with Gasteiger partial charge in [0, 0.05) is 17.8 Å². The molecule has 16 heavy (non-hydrogen) atoms. The molecule has 0 atom stereocenters. The van der Waals surface area contributed by atoms with Crippen LogP contribution >= 0.6 is 11.6 Å². The maximum atomic E-state index is 12.1. The van der Waals surface area contributed by atoms with Gasteiger partial charge in [0.1, 0.15) is 0 Å². The molecule has 0 fully saturated rings. The maximum Gasteiger partial charge on any atom is 0.255 e. The number of nitrogens with zero attached hydrogens (tertiary/aromatic N) is 1. The predicted molar refractivity (Wildman–Crippen MR) is 69.2 cm³/mol. The minimum absolute atomic E-state index is 0.0647. The summed E-state index contributed by atoms with van der Waals surface area (Å²) in [6, 6.07) is 3.87. The van der Waals surface area contributed by atoms with Crippen molar-refractivity contribution in [1.82, 2.24) is 4.57 Å². The van der Waals surface area contributed by atoms with E-state index in [1.807, 2.05) is 16.7 Å². The Kier molecular flexibility index (Phi) is 4.60.